The summed E-state index contributed by atoms with van der Waals surface area (Å²) < 4.78 is 11.1. The van der Waals surface area contributed by atoms with Crippen molar-refractivity contribution < 1.29 is 14.6 Å². The highest BCUT2D eigenvalue weighted by atomic mass is 16.6. The van der Waals surface area contributed by atoms with Crippen LogP contribution in [0.2, 0.25) is 0 Å². The molecule has 1 aliphatic heterocycles. The molecular weight excluding hydrogens is 204 g/mol. The molecule has 0 unspecified atom stereocenters. The zero-order valence-electron chi connectivity index (χ0n) is 9.66. The van der Waals surface area contributed by atoms with E-state index in [1.807, 2.05) is 0 Å². The third-order valence-corrected chi connectivity index (χ3v) is 2.85. The van der Waals surface area contributed by atoms with E-state index in [0.29, 0.717) is 13.2 Å². The number of ether oxygens (including phenoxy) is 2. The quantitative estimate of drug-likeness (QED) is 0.846. The fraction of sp³-hybridized carbons (Fsp3) is 0.538. The van der Waals surface area contributed by atoms with Gasteiger partial charge in [-0.3, -0.25) is 0 Å². The summed E-state index contributed by atoms with van der Waals surface area (Å²) in [7, 11) is 0. The summed E-state index contributed by atoms with van der Waals surface area (Å²) in [4.78, 5) is 0. The number of aliphatic hydroxyl groups is 1. The zero-order chi connectivity index (χ0) is 11.4. The van der Waals surface area contributed by atoms with Gasteiger partial charge in [0.05, 0.1) is 0 Å². The van der Waals surface area contributed by atoms with E-state index in [9.17, 15) is 0 Å². The number of aliphatic hydroxyl groups excluding tert-OH is 1. The molecular formula is C13H18O3. The Balaban J connectivity index is 2.28. The summed E-state index contributed by atoms with van der Waals surface area (Å²) in [5.41, 5.74) is 2.55. The Morgan fingerprint density at radius 1 is 1.12 bits per heavy atom. The number of hydrogen-bond acceptors (Lipinski definition) is 3. The molecule has 1 aromatic carbocycles. The smallest absolute Gasteiger partial charge is 0.161 e. The fourth-order valence-corrected chi connectivity index (χ4v) is 2.00. The van der Waals surface area contributed by atoms with Crippen LogP contribution in [-0.2, 0) is 12.8 Å². The molecule has 0 aromatic heterocycles. The molecule has 2 rings (SSSR count). The van der Waals surface area contributed by atoms with Crippen molar-refractivity contribution in [2.24, 2.45) is 0 Å². The lowest BCUT2D eigenvalue weighted by atomic mass is 10.00. The lowest BCUT2D eigenvalue weighted by Crippen LogP contribution is -2.16. The van der Waals surface area contributed by atoms with Crippen molar-refractivity contribution in [1.29, 1.82) is 0 Å². The molecule has 3 heteroatoms. The van der Waals surface area contributed by atoms with Gasteiger partial charge in [-0.15, -0.1) is 0 Å². The maximum absolute atomic E-state index is 8.87. The third kappa shape index (κ3) is 2.30. The molecule has 0 saturated carbocycles. The van der Waals surface area contributed by atoms with E-state index >= 15 is 0 Å². The highest BCUT2D eigenvalue weighted by Gasteiger charge is 2.14. The van der Waals surface area contributed by atoms with E-state index in [4.69, 9.17) is 14.6 Å². The van der Waals surface area contributed by atoms with Crippen molar-refractivity contribution >= 4 is 0 Å². The molecule has 16 heavy (non-hydrogen) atoms. The van der Waals surface area contributed by atoms with Gasteiger partial charge in [-0.25, -0.2) is 0 Å². The lowest BCUT2D eigenvalue weighted by Gasteiger charge is -2.21. The Morgan fingerprint density at radius 2 is 1.75 bits per heavy atom. The van der Waals surface area contributed by atoms with Crippen molar-refractivity contribution in [1.82, 2.24) is 0 Å². The van der Waals surface area contributed by atoms with E-state index in [2.05, 4.69) is 19.1 Å². The predicted octanol–water partition coefficient (Wildman–Crippen LogP) is 1.95. The van der Waals surface area contributed by atoms with Crippen LogP contribution in [0.1, 0.15) is 24.5 Å². The summed E-state index contributed by atoms with van der Waals surface area (Å²) >= 11 is 0. The van der Waals surface area contributed by atoms with Crippen LogP contribution in [0.5, 0.6) is 11.5 Å². The molecule has 1 aromatic rings. The van der Waals surface area contributed by atoms with Gasteiger partial charge in [0.1, 0.15) is 13.2 Å². The molecule has 0 bridgehead atoms. The third-order valence-electron chi connectivity index (χ3n) is 2.85. The Labute approximate surface area is 96.0 Å². The van der Waals surface area contributed by atoms with Gasteiger partial charge in [0.25, 0.3) is 0 Å². The summed E-state index contributed by atoms with van der Waals surface area (Å²) in [6, 6.07) is 4.13. The van der Waals surface area contributed by atoms with Crippen molar-refractivity contribution in [3.05, 3.63) is 23.3 Å². The first kappa shape index (κ1) is 11.3. The predicted molar refractivity (Wildman–Crippen MR) is 62.2 cm³/mol. The minimum absolute atomic E-state index is 0.234. The van der Waals surface area contributed by atoms with E-state index < -0.39 is 0 Å². The molecule has 1 aliphatic rings. The minimum atomic E-state index is 0.234. The fourth-order valence-electron chi connectivity index (χ4n) is 2.00. The first-order chi connectivity index (χ1) is 7.85. The van der Waals surface area contributed by atoms with Crippen LogP contribution in [0.4, 0.5) is 0 Å². The second kappa shape index (κ2) is 5.21. The van der Waals surface area contributed by atoms with Crippen molar-refractivity contribution in [3.63, 3.8) is 0 Å². The number of hydrogen-bond donors (Lipinski definition) is 1. The van der Waals surface area contributed by atoms with Gasteiger partial charge < -0.3 is 14.6 Å². The summed E-state index contributed by atoms with van der Waals surface area (Å²) in [6.07, 6.45) is 2.68. The van der Waals surface area contributed by atoms with Gasteiger partial charge in [-0.05, 0) is 42.5 Å². The van der Waals surface area contributed by atoms with E-state index in [0.717, 1.165) is 30.8 Å². The monoisotopic (exact) mass is 222 g/mol. The van der Waals surface area contributed by atoms with Crippen LogP contribution in [0.15, 0.2) is 12.1 Å². The SMILES string of the molecule is CCc1cc2c(cc1CCCO)OCCO2. The van der Waals surface area contributed by atoms with E-state index in [1.54, 1.807) is 0 Å². The average Bonchev–Trinajstić information content (AvgIpc) is 2.35. The average molecular weight is 222 g/mol. The Bertz CT molecular complexity index is 360. The molecule has 0 aliphatic carbocycles. The molecule has 1 N–H and O–H groups in total. The maximum atomic E-state index is 8.87. The molecule has 1 heterocycles. The van der Waals surface area contributed by atoms with Crippen LogP contribution in [0.25, 0.3) is 0 Å². The van der Waals surface area contributed by atoms with Crippen molar-refractivity contribution in [3.8, 4) is 11.5 Å². The van der Waals surface area contributed by atoms with Crippen LogP contribution in [0.3, 0.4) is 0 Å². The number of fused-ring (bicyclic) bond motifs is 1. The van der Waals surface area contributed by atoms with Crippen molar-refractivity contribution in [2.45, 2.75) is 26.2 Å². The van der Waals surface area contributed by atoms with Gasteiger partial charge in [-0.1, -0.05) is 6.92 Å². The van der Waals surface area contributed by atoms with Gasteiger partial charge in [0.15, 0.2) is 11.5 Å². The topological polar surface area (TPSA) is 38.7 Å². The maximum Gasteiger partial charge on any atom is 0.161 e. The Kier molecular flexibility index (Phi) is 3.67. The van der Waals surface area contributed by atoms with Crippen LogP contribution < -0.4 is 9.47 Å². The van der Waals surface area contributed by atoms with Gasteiger partial charge in [0.2, 0.25) is 0 Å². The summed E-state index contributed by atoms with van der Waals surface area (Å²) in [5, 5.41) is 8.87. The normalized spacial score (nSPS) is 13.9. The molecule has 0 fully saturated rings. The highest BCUT2D eigenvalue weighted by molar-refractivity contribution is 5.48. The molecule has 0 amide bonds. The molecule has 0 radical (unpaired) electrons. The van der Waals surface area contributed by atoms with E-state index in [-0.39, 0.29) is 6.61 Å². The Hall–Kier alpha value is -1.22. The van der Waals surface area contributed by atoms with E-state index in [1.165, 1.54) is 11.1 Å². The highest BCUT2D eigenvalue weighted by Crippen LogP contribution is 2.33. The van der Waals surface area contributed by atoms with Crippen LogP contribution >= 0.6 is 0 Å². The molecule has 3 nitrogen and oxygen atoms in total. The first-order valence-electron chi connectivity index (χ1n) is 5.87. The minimum Gasteiger partial charge on any atom is -0.486 e. The van der Waals surface area contributed by atoms with Crippen LogP contribution in [0, 0.1) is 0 Å². The summed E-state index contributed by atoms with van der Waals surface area (Å²) in [6.45, 7) is 3.62. The second-order valence-electron chi connectivity index (χ2n) is 3.95. The molecule has 0 atom stereocenters. The molecule has 0 spiro atoms. The Morgan fingerprint density at radius 3 is 2.31 bits per heavy atom. The largest absolute Gasteiger partial charge is 0.486 e. The van der Waals surface area contributed by atoms with Crippen molar-refractivity contribution in [2.75, 3.05) is 19.8 Å². The second-order valence-corrected chi connectivity index (χ2v) is 3.95. The standard InChI is InChI=1S/C13H18O3/c1-2-10-8-12-13(16-7-6-15-12)9-11(10)4-3-5-14/h8-9,14H,2-7H2,1H3. The van der Waals surface area contributed by atoms with Gasteiger partial charge >= 0.3 is 0 Å². The van der Waals surface area contributed by atoms with Gasteiger partial charge in [-0.2, -0.15) is 0 Å². The molecule has 88 valence electrons. The lowest BCUT2D eigenvalue weighted by molar-refractivity contribution is 0.171. The summed E-state index contributed by atoms with van der Waals surface area (Å²) in [5.74, 6) is 1.70. The zero-order valence-corrected chi connectivity index (χ0v) is 9.66. The first-order valence-corrected chi connectivity index (χ1v) is 5.87. The number of rotatable bonds is 4. The molecule has 0 saturated heterocycles. The van der Waals surface area contributed by atoms with Gasteiger partial charge in [0, 0.05) is 6.61 Å². The number of benzene rings is 1. The number of aryl methyl sites for hydroxylation is 2. The van der Waals surface area contributed by atoms with Crippen LogP contribution in [-0.4, -0.2) is 24.9 Å².